The zero-order valence-corrected chi connectivity index (χ0v) is 9.45. The second-order valence-corrected chi connectivity index (χ2v) is 3.45. The van der Waals surface area contributed by atoms with Crippen molar-refractivity contribution in [1.82, 2.24) is 5.16 Å². The molecule has 0 aliphatic heterocycles. The lowest BCUT2D eigenvalue weighted by Crippen LogP contribution is -2.13. The lowest BCUT2D eigenvalue weighted by atomic mass is 10.2. The Kier molecular flexibility index (Phi) is 3.80. The highest BCUT2D eigenvalue weighted by molar-refractivity contribution is 5.99. The van der Waals surface area contributed by atoms with Gasteiger partial charge in [0.1, 0.15) is 24.1 Å². The number of nitrogens with zero attached hydrogens (tertiary/aromatic N) is 3. The lowest BCUT2D eigenvalue weighted by Gasteiger charge is -1.96. The maximum Gasteiger partial charge on any atom is 0.154 e. The molecule has 0 radical (unpaired) electrons. The maximum atomic E-state index is 13.2. The number of hydrogen-bond donors (Lipinski definition) is 1. The van der Waals surface area contributed by atoms with Gasteiger partial charge >= 0.3 is 0 Å². The Morgan fingerprint density at radius 2 is 2.22 bits per heavy atom. The van der Waals surface area contributed by atoms with Gasteiger partial charge in [-0.15, -0.1) is 0 Å². The summed E-state index contributed by atoms with van der Waals surface area (Å²) in [5, 5.41) is 3.61. The van der Waals surface area contributed by atoms with Gasteiger partial charge in [0.2, 0.25) is 0 Å². The number of halogens is 1. The van der Waals surface area contributed by atoms with Crippen LogP contribution in [0.1, 0.15) is 11.3 Å². The summed E-state index contributed by atoms with van der Waals surface area (Å²) in [4.78, 5) is 7.83. The van der Waals surface area contributed by atoms with Crippen LogP contribution < -0.4 is 5.73 Å². The van der Waals surface area contributed by atoms with Crippen molar-refractivity contribution >= 4 is 12.2 Å². The molecule has 0 spiro atoms. The van der Waals surface area contributed by atoms with Gasteiger partial charge in [-0.25, -0.2) is 9.38 Å². The van der Waals surface area contributed by atoms with E-state index in [0.29, 0.717) is 11.3 Å². The van der Waals surface area contributed by atoms with Gasteiger partial charge in [-0.1, -0.05) is 23.4 Å². The minimum atomic E-state index is -0.289. The monoisotopic (exact) mass is 246 g/mol. The Balaban J connectivity index is 1.97. The highest BCUT2D eigenvalue weighted by atomic mass is 19.1. The number of amidine groups is 1. The van der Waals surface area contributed by atoms with Crippen molar-refractivity contribution < 1.29 is 8.91 Å². The summed E-state index contributed by atoms with van der Waals surface area (Å²) in [5.74, 6) is -0.0934. The van der Waals surface area contributed by atoms with E-state index in [1.807, 2.05) is 0 Å². The number of rotatable bonds is 4. The first-order chi connectivity index (χ1) is 8.77. The summed E-state index contributed by atoms with van der Waals surface area (Å²) in [5.41, 5.74) is 6.55. The minimum absolute atomic E-state index is 0.195. The van der Waals surface area contributed by atoms with Gasteiger partial charge in [-0.2, -0.15) is 0 Å². The molecule has 1 heterocycles. The first kappa shape index (κ1) is 12.0. The van der Waals surface area contributed by atoms with E-state index in [1.165, 1.54) is 18.7 Å². The van der Waals surface area contributed by atoms with Gasteiger partial charge in [0, 0.05) is 11.6 Å². The normalized spacial score (nSPS) is 12.2. The van der Waals surface area contributed by atoms with E-state index in [9.17, 15) is 4.39 Å². The number of benzene rings is 1. The molecule has 1 aromatic carbocycles. The molecule has 1 aromatic heterocycles. The van der Waals surface area contributed by atoms with Crippen molar-refractivity contribution in [3.8, 4) is 0 Å². The van der Waals surface area contributed by atoms with E-state index in [-0.39, 0.29) is 18.2 Å². The van der Waals surface area contributed by atoms with E-state index in [1.54, 1.807) is 24.3 Å². The second kappa shape index (κ2) is 5.72. The third kappa shape index (κ3) is 3.00. The van der Waals surface area contributed by atoms with E-state index in [2.05, 4.69) is 19.7 Å². The Morgan fingerprint density at radius 3 is 2.94 bits per heavy atom. The quantitative estimate of drug-likeness (QED) is 0.659. The maximum absolute atomic E-state index is 13.2. The summed E-state index contributed by atoms with van der Waals surface area (Å²) in [6, 6.07) is 8.02. The fraction of sp³-hybridized carbons (Fsp3) is 0.0833. The first-order valence-corrected chi connectivity index (χ1v) is 5.23. The number of aromatic nitrogens is 1. The van der Waals surface area contributed by atoms with Crippen LogP contribution in [0.15, 0.2) is 51.1 Å². The van der Waals surface area contributed by atoms with Crippen LogP contribution in [0, 0.1) is 5.82 Å². The van der Waals surface area contributed by atoms with Crippen molar-refractivity contribution in [3.63, 3.8) is 0 Å². The van der Waals surface area contributed by atoms with Crippen LogP contribution in [-0.4, -0.2) is 17.3 Å². The van der Waals surface area contributed by atoms with Crippen LogP contribution in [0.2, 0.25) is 0 Å². The molecule has 0 bridgehead atoms. The van der Waals surface area contributed by atoms with Crippen LogP contribution in [0.3, 0.4) is 0 Å². The summed E-state index contributed by atoms with van der Waals surface area (Å²) < 4.78 is 17.9. The molecule has 5 nitrogen and oxygen atoms in total. The zero-order valence-electron chi connectivity index (χ0n) is 9.45. The third-order valence-electron chi connectivity index (χ3n) is 2.20. The predicted molar refractivity (Wildman–Crippen MR) is 65.8 cm³/mol. The lowest BCUT2D eigenvalue weighted by molar-refractivity contribution is 0.418. The highest BCUT2D eigenvalue weighted by Crippen LogP contribution is 2.06. The summed E-state index contributed by atoms with van der Waals surface area (Å²) in [7, 11) is 0. The average Bonchev–Trinajstić information content (AvgIpc) is 2.90. The van der Waals surface area contributed by atoms with Crippen LogP contribution in [0.4, 0.5) is 4.39 Å². The third-order valence-corrected chi connectivity index (χ3v) is 2.20. The molecule has 0 amide bonds. The van der Waals surface area contributed by atoms with Crippen LogP contribution in [0.25, 0.3) is 0 Å². The molecule has 0 aliphatic carbocycles. The van der Waals surface area contributed by atoms with Gasteiger partial charge in [-0.05, 0) is 6.07 Å². The van der Waals surface area contributed by atoms with Crippen molar-refractivity contribution in [2.75, 3.05) is 0 Å². The van der Waals surface area contributed by atoms with E-state index < -0.39 is 0 Å². The molecule has 2 aromatic rings. The molecular weight excluding hydrogens is 235 g/mol. The van der Waals surface area contributed by atoms with E-state index in [4.69, 9.17) is 5.73 Å². The van der Waals surface area contributed by atoms with Crippen LogP contribution in [-0.2, 0) is 6.54 Å². The predicted octanol–water partition coefficient (Wildman–Crippen LogP) is 1.75. The number of aliphatic imine (C=N–C) groups is 2. The second-order valence-electron chi connectivity index (χ2n) is 3.45. The molecular formula is C12H11FN4O. The topological polar surface area (TPSA) is 76.8 Å². The molecule has 0 saturated carbocycles. The molecule has 0 aliphatic rings. The number of nitrogens with two attached hydrogens (primary N) is 1. The molecule has 92 valence electrons. The SMILES string of the molecule is NC(=NC=NCc1ccccc1F)c1ccon1. The van der Waals surface area contributed by atoms with Crippen molar-refractivity contribution in [1.29, 1.82) is 0 Å². The Labute approximate surface area is 103 Å². The van der Waals surface area contributed by atoms with E-state index >= 15 is 0 Å². The average molecular weight is 246 g/mol. The fourth-order valence-electron chi connectivity index (χ4n) is 1.28. The molecule has 2 N–H and O–H groups in total. The molecule has 0 unspecified atom stereocenters. The summed E-state index contributed by atoms with van der Waals surface area (Å²) in [6.07, 6.45) is 2.67. The van der Waals surface area contributed by atoms with Crippen molar-refractivity contribution in [3.05, 3.63) is 53.7 Å². The van der Waals surface area contributed by atoms with Gasteiger partial charge < -0.3 is 10.3 Å². The van der Waals surface area contributed by atoms with Crippen molar-refractivity contribution in [2.24, 2.45) is 15.7 Å². The molecule has 2 rings (SSSR count). The standard InChI is InChI=1S/C12H11FN4O/c13-10-4-2-1-3-9(10)7-15-8-16-12(14)11-5-6-18-17-11/h1-6,8H,7H2,(H2,14,15,16). The number of hydrogen-bond acceptors (Lipinski definition) is 3. The Hall–Kier alpha value is -2.50. The summed E-state index contributed by atoms with van der Waals surface area (Å²) in [6.45, 7) is 0.211. The van der Waals surface area contributed by atoms with Gasteiger partial charge in [0.05, 0.1) is 6.54 Å². The molecule has 0 saturated heterocycles. The van der Waals surface area contributed by atoms with Gasteiger partial charge in [0.15, 0.2) is 5.84 Å². The Bertz CT molecular complexity index is 563. The largest absolute Gasteiger partial charge is 0.382 e. The van der Waals surface area contributed by atoms with Crippen LogP contribution in [0.5, 0.6) is 0 Å². The Morgan fingerprint density at radius 1 is 1.39 bits per heavy atom. The van der Waals surface area contributed by atoms with Crippen LogP contribution >= 0.6 is 0 Å². The zero-order chi connectivity index (χ0) is 12.8. The first-order valence-electron chi connectivity index (χ1n) is 5.23. The minimum Gasteiger partial charge on any atom is -0.382 e. The summed E-state index contributed by atoms with van der Waals surface area (Å²) >= 11 is 0. The fourth-order valence-corrected chi connectivity index (χ4v) is 1.28. The molecule has 6 heteroatoms. The molecule has 18 heavy (non-hydrogen) atoms. The van der Waals surface area contributed by atoms with E-state index in [0.717, 1.165) is 0 Å². The van der Waals surface area contributed by atoms with Gasteiger partial charge in [-0.3, -0.25) is 4.99 Å². The van der Waals surface area contributed by atoms with Gasteiger partial charge in [0.25, 0.3) is 0 Å². The van der Waals surface area contributed by atoms with Crippen molar-refractivity contribution in [2.45, 2.75) is 6.54 Å². The molecule has 0 atom stereocenters. The smallest absolute Gasteiger partial charge is 0.154 e. The molecule has 0 fully saturated rings. The highest BCUT2D eigenvalue weighted by Gasteiger charge is 2.00.